The maximum atomic E-state index is 14.6. The zero-order valence-corrected chi connectivity index (χ0v) is 17.1. The summed E-state index contributed by atoms with van der Waals surface area (Å²) in [5, 5.41) is 0. The number of hydrogen-bond donors (Lipinski definition) is 0. The second-order valence-corrected chi connectivity index (χ2v) is 7.89. The average Bonchev–Trinajstić information content (AvgIpc) is 3.46. The fourth-order valence-corrected chi connectivity index (χ4v) is 4.20. The largest absolute Gasteiger partial charge is 0.378 e. The minimum absolute atomic E-state index is 0.0914. The van der Waals surface area contributed by atoms with Crippen LogP contribution >= 0.6 is 0 Å². The van der Waals surface area contributed by atoms with Gasteiger partial charge in [0.1, 0.15) is 17.5 Å². The highest BCUT2D eigenvalue weighted by atomic mass is 19.1. The number of morpholine rings is 1. The number of amides is 1. The van der Waals surface area contributed by atoms with Gasteiger partial charge in [0.25, 0.3) is 0 Å². The second-order valence-electron chi connectivity index (χ2n) is 7.89. The molecule has 2 fully saturated rings. The summed E-state index contributed by atoms with van der Waals surface area (Å²) in [7, 11) is 0. The first-order chi connectivity index (χ1) is 15.1. The van der Waals surface area contributed by atoms with Gasteiger partial charge < -0.3 is 14.5 Å². The molecule has 0 atom stereocenters. The number of imidazole rings is 1. The normalized spacial score (nSPS) is 17.0. The molecule has 3 aromatic rings. The van der Waals surface area contributed by atoms with Gasteiger partial charge in [-0.15, -0.1) is 0 Å². The molecule has 2 aliphatic rings. The molecule has 2 saturated heterocycles. The number of hydrogen-bond acceptors (Lipinski definition) is 5. The number of ether oxygens (including phenoxy) is 1. The van der Waals surface area contributed by atoms with Crippen molar-refractivity contribution in [2.75, 3.05) is 44.3 Å². The summed E-state index contributed by atoms with van der Waals surface area (Å²) in [6, 6.07) is 3.91. The van der Waals surface area contributed by atoms with Gasteiger partial charge in [-0.3, -0.25) is 9.20 Å². The molecule has 5 rings (SSSR count). The van der Waals surface area contributed by atoms with Crippen LogP contribution in [0.25, 0.3) is 17.0 Å². The van der Waals surface area contributed by atoms with E-state index in [1.807, 2.05) is 4.40 Å². The predicted molar refractivity (Wildman–Crippen MR) is 111 cm³/mol. The minimum atomic E-state index is -0.717. The summed E-state index contributed by atoms with van der Waals surface area (Å²) in [5.74, 6) is -0.246. The Labute approximate surface area is 178 Å². The van der Waals surface area contributed by atoms with E-state index >= 15 is 0 Å². The second kappa shape index (κ2) is 8.22. The van der Waals surface area contributed by atoms with E-state index in [-0.39, 0.29) is 23.5 Å². The lowest BCUT2D eigenvalue weighted by atomic mass is 10.0. The highest BCUT2D eigenvalue weighted by Crippen LogP contribution is 2.27. The zero-order chi connectivity index (χ0) is 21.4. The Kier molecular flexibility index (Phi) is 5.27. The number of halogens is 2. The van der Waals surface area contributed by atoms with Crippen LogP contribution in [0.3, 0.4) is 0 Å². The number of rotatable bonds is 4. The quantitative estimate of drug-likeness (QED) is 0.641. The molecule has 0 saturated carbocycles. The number of anilines is 1. The van der Waals surface area contributed by atoms with E-state index < -0.39 is 11.6 Å². The Balaban J connectivity index is 1.45. The molecule has 0 aliphatic carbocycles. The Morgan fingerprint density at radius 1 is 1.06 bits per heavy atom. The maximum absolute atomic E-state index is 14.6. The lowest BCUT2D eigenvalue weighted by Crippen LogP contribution is -2.36. The van der Waals surface area contributed by atoms with Gasteiger partial charge in [0.15, 0.2) is 0 Å². The fourth-order valence-electron chi connectivity index (χ4n) is 4.20. The molecule has 0 radical (unpaired) electrons. The summed E-state index contributed by atoms with van der Waals surface area (Å²) in [6.07, 6.45) is 5.35. The van der Waals surface area contributed by atoms with Crippen LogP contribution in [0.4, 0.5) is 14.6 Å². The topological polar surface area (TPSA) is 63.0 Å². The summed E-state index contributed by atoms with van der Waals surface area (Å²) < 4.78 is 36.3. The van der Waals surface area contributed by atoms with Gasteiger partial charge in [-0.2, -0.15) is 0 Å². The molecule has 162 valence electrons. The van der Waals surface area contributed by atoms with E-state index in [1.165, 1.54) is 6.07 Å². The summed E-state index contributed by atoms with van der Waals surface area (Å²) in [5.41, 5.74) is 0.676. The van der Waals surface area contributed by atoms with Crippen molar-refractivity contribution in [3.8, 4) is 11.3 Å². The molecule has 0 spiro atoms. The lowest BCUT2D eigenvalue weighted by molar-refractivity contribution is -0.129. The van der Waals surface area contributed by atoms with Gasteiger partial charge in [-0.1, -0.05) is 0 Å². The molecule has 0 unspecified atom stereocenters. The first-order valence-electron chi connectivity index (χ1n) is 10.5. The SMILES string of the molecule is O=C(Cc1cc(-c2ccn3c(N4CCOCC4)cnc3n2)c(F)cc1F)N1CCCC1. The third-order valence-corrected chi connectivity index (χ3v) is 5.91. The molecular formula is C22H23F2N5O2. The number of fused-ring (bicyclic) bond motifs is 1. The first kappa shape index (κ1) is 19.9. The molecule has 4 heterocycles. The summed E-state index contributed by atoms with van der Waals surface area (Å²) in [4.78, 5) is 25.2. The van der Waals surface area contributed by atoms with Crippen LogP contribution < -0.4 is 4.90 Å². The summed E-state index contributed by atoms with van der Waals surface area (Å²) >= 11 is 0. The first-order valence-corrected chi connectivity index (χ1v) is 10.5. The van der Waals surface area contributed by atoms with Crippen molar-refractivity contribution < 1.29 is 18.3 Å². The van der Waals surface area contributed by atoms with Gasteiger partial charge in [0, 0.05) is 44.0 Å². The third kappa shape index (κ3) is 3.85. The molecular weight excluding hydrogens is 404 g/mol. The Morgan fingerprint density at radius 3 is 2.61 bits per heavy atom. The Bertz CT molecular complexity index is 1120. The Hall–Kier alpha value is -3.07. The number of aromatic nitrogens is 3. The molecule has 1 amide bonds. The number of benzene rings is 1. The van der Waals surface area contributed by atoms with E-state index in [0.717, 1.165) is 37.8 Å². The number of carbonyl (C=O) groups is 1. The fraction of sp³-hybridized carbons (Fsp3) is 0.409. The molecule has 7 nitrogen and oxygen atoms in total. The van der Waals surface area contributed by atoms with Crippen LogP contribution in [0.15, 0.2) is 30.6 Å². The molecule has 2 aliphatic heterocycles. The third-order valence-electron chi connectivity index (χ3n) is 5.91. The van der Waals surface area contributed by atoms with Crippen LogP contribution in [0.5, 0.6) is 0 Å². The van der Waals surface area contributed by atoms with Crippen molar-refractivity contribution in [2.24, 2.45) is 0 Å². The highest BCUT2D eigenvalue weighted by Gasteiger charge is 2.22. The standard InChI is InChI=1S/C22H23F2N5O2/c23-17-13-18(24)16(11-15(17)12-21(30)28-4-1-2-5-28)19-3-6-29-20(14-25-22(29)26-19)27-7-9-31-10-8-27/h3,6,11,13-14H,1-2,4-5,7-10,12H2. The molecule has 31 heavy (non-hydrogen) atoms. The minimum Gasteiger partial charge on any atom is -0.378 e. The number of likely N-dealkylation sites (tertiary alicyclic amines) is 1. The van der Waals surface area contributed by atoms with Crippen molar-refractivity contribution in [3.05, 3.63) is 47.8 Å². The molecule has 2 aromatic heterocycles. The van der Waals surface area contributed by atoms with Crippen molar-refractivity contribution >= 4 is 17.5 Å². The van der Waals surface area contributed by atoms with Crippen LogP contribution in [0.2, 0.25) is 0 Å². The summed E-state index contributed by atoms with van der Waals surface area (Å²) in [6.45, 7) is 4.21. The van der Waals surface area contributed by atoms with Gasteiger partial charge in [0.05, 0.1) is 31.5 Å². The van der Waals surface area contributed by atoms with Crippen molar-refractivity contribution in [3.63, 3.8) is 0 Å². The van der Waals surface area contributed by atoms with Crippen molar-refractivity contribution in [2.45, 2.75) is 19.3 Å². The molecule has 9 heteroatoms. The van der Waals surface area contributed by atoms with Crippen molar-refractivity contribution in [1.29, 1.82) is 0 Å². The van der Waals surface area contributed by atoms with E-state index in [9.17, 15) is 13.6 Å². The van der Waals surface area contributed by atoms with Crippen molar-refractivity contribution in [1.82, 2.24) is 19.3 Å². The van der Waals surface area contributed by atoms with E-state index in [2.05, 4.69) is 14.9 Å². The van der Waals surface area contributed by atoms with Crippen LogP contribution in [-0.4, -0.2) is 64.6 Å². The smallest absolute Gasteiger partial charge is 0.235 e. The van der Waals surface area contributed by atoms with E-state index in [4.69, 9.17) is 4.74 Å². The van der Waals surface area contributed by atoms with Crippen LogP contribution in [0, 0.1) is 11.6 Å². The van der Waals surface area contributed by atoms with Crippen LogP contribution in [-0.2, 0) is 16.0 Å². The number of nitrogens with zero attached hydrogens (tertiary/aromatic N) is 5. The van der Waals surface area contributed by atoms with E-state index in [0.29, 0.717) is 37.8 Å². The molecule has 1 aromatic carbocycles. The lowest BCUT2D eigenvalue weighted by Gasteiger charge is -2.27. The van der Waals surface area contributed by atoms with Gasteiger partial charge >= 0.3 is 0 Å². The molecule has 0 N–H and O–H groups in total. The predicted octanol–water partition coefficient (Wildman–Crippen LogP) is 2.68. The number of carbonyl (C=O) groups excluding carboxylic acids is 1. The van der Waals surface area contributed by atoms with Gasteiger partial charge in [-0.05, 0) is 30.5 Å². The average molecular weight is 427 g/mol. The van der Waals surface area contributed by atoms with Gasteiger partial charge in [0.2, 0.25) is 11.7 Å². The van der Waals surface area contributed by atoms with Gasteiger partial charge in [-0.25, -0.2) is 18.7 Å². The maximum Gasteiger partial charge on any atom is 0.235 e. The van der Waals surface area contributed by atoms with E-state index in [1.54, 1.807) is 23.4 Å². The highest BCUT2D eigenvalue weighted by molar-refractivity contribution is 5.79. The Morgan fingerprint density at radius 2 is 1.84 bits per heavy atom. The zero-order valence-electron chi connectivity index (χ0n) is 17.1. The van der Waals surface area contributed by atoms with Crippen LogP contribution in [0.1, 0.15) is 18.4 Å². The monoisotopic (exact) mass is 427 g/mol. The molecule has 0 bridgehead atoms.